The third-order valence-corrected chi connectivity index (χ3v) is 1.95. The third-order valence-electron chi connectivity index (χ3n) is 1.95. The van der Waals surface area contributed by atoms with Crippen LogP contribution < -0.4 is 0 Å². The molecule has 0 aliphatic heterocycles. The zero-order chi connectivity index (χ0) is 11.1. The molecule has 1 atom stereocenters. The van der Waals surface area contributed by atoms with Crippen molar-refractivity contribution in [2.45, 2.75) is 19.1 Å². The summed E-state index contributed by atoms with van der Waals surface area (Å²) in [6.45, 7) is 3.81. The highest BCUT2D eigenvalue weighted by Gasteiger charge is 2.15. The molecule has 0 radical (unpaired) electrons. The number of carbonyl (C=O) groups is 1. The molecular formula is C12H14O3. The molecule has 80 valence electrons. The Kier molecular flexibility index (Phi) is 4.57. The molecule has 0 aliphatic rings. The molecule has 1 aromatic carbocycles. The molecule has 0 aliphatic carbocycles. The van der Waals surface area contributed by atoms with Crippen molar-refractivity contribution >= 4 is 5.97 Å². The van der Waals surface area contributed by atoms with E-state index in [4.69, 9.17) is 9.84 Å². The molecule has 0 bridgehead atoms. The molecule has 1 aromatic rings. The zero-order valence-electron chi connectivity index (χ0n) is 8.43. The van der Waals surface area contributed by atoms with Gasteiger partial charge >= 0.3 is 5.97 Å². The van der Waals surface area contributed by atoms with E-state index in [-0.39, 0.29) is 0 Å². The fraction of sp³-hybridized carbons (Fsp3) is 0.250. The Labute approximate surface area is 89.0 Å². The summed E-state index contributed by atoms with van der Waals surface area (Å²) in [6, 6.07) is 9.48. The number of carboxylic acid groups (broad SMARTS) is 1. The van der Waals surface area contributed by atoms with Crippen molar-refractivity contribution in [3.8, 4) is 0 Å². The number of ether oxygens (including phenoxy) is 1. The molecular weight excluding hydrogens is 192 g/mol. The summed E-state index contributed by atoms with van der Waals surface area (Å²) in [6.07, 6.45) is 1.06. The summed E-state index contributed by atoms with van der Waals surface area (Å²) in [4.78, 5) is 10.7. The molecule has 3 heteroatoms. The van der Waals surface area contributed by atoms with Gasteiger partial charge in [-0.1, -0.05) is 36.4 Å². The van der Waals surface area contributed by atoms with Crippen LogP contribution >= 0.6 is 0 Å². The molecule has 0 fully saturated rings. The van der Waals surface area contributed by atoms with E-state index in [1.165, 1.54) is 0 Å². The van der Waals surface area contributed by atoms with Gasteiger partial charge < -0.3 is 9.84 Å². The highest BCUT2D eigenvalue weighted by Crippen LogP contribution is 2.06. The summed E-state index contributed by atoms with van der Waals surface area (Å²) in [7, 11) is 0. The zero-order valence-corrected chi connectivity index (χ0v) is 8.43. The van der Waals surface area contributed by atoms with E-state index in [9.17, 15) is 4.79 Å². The van der Waals surface area contributed by atoms with Crippen LogP contribution in [0.5, 0.6) is 0 Å². The maximum absolute atomic E-state index is 10.7. The monoisotopic (exact) mass is 206 g/mol. The number of hydrogen-bond acceptors (Lipinski definition) is 2. The first-order valence-electron chi connectivity index (χ1n) is 4.73. The van der Waals surface area contributed by atoms with Crippen molar-refractivity contribution < 1.29 is 14.6 Å². The van der Waals surface area contributed by atoms with Crippen LogP contribution in [0.2, 0.25) is 0 Å². The molecule has 0 saturated heterocycles. The predicted molar refractivity (Wildman–Crippen MR) is 57.5 cm³/mol. The Hall–Kier alpha value is -1.61. The second-order valence-corrected chi connectivity index (χ2v) is 3.15. The molecule has 15 heavy (non-hydrogen) atoms. The average molecular weight is 206 g/mol. The fourth-order valence-corrected chi connectivity index (χ4v) is 1.16. The van der Waals surface area contributed by atoms with Gasteiger partial charge in [-0.2, -0.15) is 0 Å². The summed E-state index contributed by atoms with van der Waals surface area (Å²) >= 11 is 0. The minimum absolute atomic E-state index is 0.311. The van der Waals surface area contributed by atoms with Gasteiger partial charge in [0.25, 0.3) is 0 Å². The second-order valence-electron chi connectivity index (χ2n) is 3.15. The molecule has 0 saturated carbocycles. The normalized spacial score (nSPS) is 12.0. The van der Waals surface area contributed by atoms with E-state index >= 15 is 0 Å². The van der Waals surface area contributed by atoms with Crippen molar-refractivity contribution in [2.75, 3.05) is 0 Å². The van der Waals surface area contributed by atoms with Crippen LogP contribution in [-0.4, -0.2) is 17.2 Å². The van der Waals surface area contributed by atoms with Crippen LogP contribution in [0.1, 0.15) is 12.0 Å². The Morgan fingerprint density at radius 3 is 2.67 bits per heavy atom. The Bertz CT molecular complexity index is 319. The van der Waals surface area contributed by atoms with Gasteiger partial charge in [0.05, 0.1) is 6.61 Å². The molecule has 0 amide bonds. The topological polar surface area (TPSA) is 46.5 Å². The first-order valence-corrected chi connectivity index (χ1v) is 4.73. The van der Waals surface area contributed by atoms with Gasteiger partial charge in [-0.05, 0) is 5.56 Å². The minimum atomic E-state index is -0.953. The lowest BCUT2D eigenvalue weighted by Gasteiger charge is -2.11. The SMILES string of the molecule is C=CCC(OCc1ccccc1)C(=O)O. The standard InChI is InChI=1S/C12H14O3/c1-2-6-11(12(13)14)15-9-10-7-4-3-5-8-10/h2-5,7-8,11H,1,6,9H2,(H,13,14). The van der Waals surface area contributed by atoms with Crippen molar-refractivity contribution in [3.63, 3.8) is 0 Å². The lowest BCUT2D eigenvalue weighted by atomic mass is 10.2. The van der Waals surface area contributed by atoms with Gasteiger partial charge in [0, 0.05) is 6.42 Å². The molecule has 3 nitrogen and oxygen atoms in total. The van der Waals surface area contributed by atoms with Crippen molar-refractivity contribution in [2.24, 2.45) is 0 Å². The molecule has 1 rings (SSSR count). The smallest absolute Gasteiger partial charge is 0.333 e. The van der Waals surface area contributed by atoms with E-state index in [0.29, 0.717) is 13.0 Å². The fourth-order valence-electron chi connectivity index (χ4n) is 1.16. The summed E-state index contributed by atoms with van der Waals surface area (Å²) in [5, 5.41) is 8.81. The van der Waals surface area contributed by atoms with E-state index < -0.39 is 12.1 Å². The van der Waals surface area contributed by atoms with Crippen LogP contribution in [0, 0.1) is 0 Å². The van der Waals surface area contributed by atoms with E-state index in [1.807, 2.05) is 30.3 Å². The second kappa shape index (κ2) is 5.98. The van der Waals surface area contributed by atoms with E-state index in [0.717, 1.165) is 5.56 Å². The average Bonchev–Trinajstić information content (AvgIpc) is 2.25. The highest BCUT2D eigenvalue weighted by atomic mass is 16.5. The maximum Gasteiger partial charge on any atom is 0.333 e. The molecule has 0 aromatic heterocycles. The number of rotatable bonds is 6. The first-order chi connectivity index (χ1) is 7.24. The van der Waals surface area contributed by atoms with Gasteiger partial charge in [0.1, 0.15) is 0 Å². The van der Waals surface area contributed by atoms with E-state index in [1.54, 1.807) is 6.08 Å². The summed E-state index contributed by atoms with van der Waals surface area (Å²) in [5.41, 5.74) is 0.966. The van der Waals surface area contributed by atoms with Gasteiger partial charge in [-0.3, -0.25) is 0 Å². The first kappa shape index (κ1) is 11.5. The number of aliphatic carboxylic acids is 1. The van der Waals surface area contributed by atoms with Gasteiger partial charge in [-0.15, -0.1) is 6.58 Å². The molecule has 1 N–H and O–H groups in total. The van der Waals surface area contributed by atoms with Crippen molar-refractivity contribution in [3.05, 3.63) is 48.6 Å². The third kappa shape index (κ3) is 3.95. The van der Waals surface area contributed by atoms with Crippen LogP contribution in [0.4, 0.5) is 0 Å². The Balaban J connectivity index is 2.47. The van der Waals surface area contributed by atoms with Crippen molar-refractivity contribution in [1.29, 1.82) is 0 Å². The Morgan fingerprint density at radius 2 is 2.13 bits per heavy atom. The number of benzene rings is 1. The highest BCUT2D eigenvalue weighted by molar-refractivity contribution is 5.72. The van der Waals surface area contributed by atoms with Crippen LogP contribution in [0.15, 0.2) is 43.0 Å². The van der Waals surface area contributed by atoms with Crippen LogP contribution in [0.3, 0.4) is 0 Å². The molecule has 0 spiro atoms. The lowest BCUT2D eigenvalue weighted by molar-refractivity contribution is -0.150. The number of carboxylic acids is 1. The largest absolute Gasteiger partial charge is 0.479 e. The quantitative estimate of drug-likeness (QED) is 0.726. The lowest BCUT2D eigenvalue weighted by Crippen LogP contribution is -2.22. The van der Waals surface area contributed by atoms with Gasteiger partial charge in [-0.25, -0.2) is 4.79 Å². The van der Waals surface area contributed by atoms with Gasteiger partial charge in [0.15, 0.2) is 6.10 Å². The molecule has 1 unspecified atom stereocenters. The van der Waals surface area contributed by atoms with Crippen LogP contribution in [-0.2, 0) is 16.1 Å². The summed E-state index contributed by atoms with van der Waals surface area (Å²) in [5.74, 6) is -0.953. The van der Waals surface area contributed by atoms with Crippen LogP contribution in [0.25, 0.3) is 0 Å². The van der Waals surface area contributed by atoms with Gasteiger partial charge in [0.2, 0.25) is 0 Å². The van der Waals surface area contributed by atoms with Crippen molar-refractivity contribution in [1.82, 2.24) is 0 Å². The minimum Gasteiger partial charge on any atom is -0.479 e. The maximum atomic E-state index is 10.7. The predicted octanol–water partition coefficient (Wildman–Crippen LogP) is 2.23. The van der Waals surface area contributed by atoms with E-state index in [2.05, 4.69) is 6.58 Å². The number of hydrogen-bond donors (Lipinski definition) is 1. The Morgan fingerprint density at radius 1 is 1.47 bits per heavy atom. The summed E-state index contributed by atoms with van der Waals surface area (Å²) < 4.78 is 5.26. The molecule has 0 heterocycles.